The maximum Gasteiger partial charge on any atom is 0.227 e. The van der Waals surface area contributed by atoms with Crippen molar-refractivity contribution in [2.24, 2.45) is 0 Å². The van der Waals surface area contributed by atoms with Crippen LogP contribution >= 0.6 is 22.9 Å². The Morgan fingerprint density at radius 3 is 2.73 bits per heavy atom. The van der Waals surface area contributed by atoms with Crippen LogP contribution in [0.4, 0.5) is 0 Å². The first kappa shape index (κ1) is 18.5. The lowest BCUT2D eigenvalue weighted by Crippen LogP contribution is -2.32. The maximum absolute atomic E-state index is 12.8. The smallest absolute Gasteiger partial charge is 0.227 e. The Morgan fingerprint density at radius 1 is 1.27 bits per heavy atom. The third kappa shape index (κ3) is 5.13. The molecule has 26 heavy (non-hydrogen) atoms. The molecule has 1 unspecified atom stereocenters. The van der Waals surface area contributed by atoms with Gasteiger partial charge in [0.25, 0.3) is 0 Å². The van der Waals surface area contributed by atoms with E-state index in [4.69, 9.17) is 11.6 Å². The van der Waals surface area contributed by atoms with Gasteiger partial charge < -0.3 is 5.32 Å². The van der Waals surface area contributed by atoms with Crippen LogP contribution in [0, 0.1) is 6.92 Å². The van der Waals surface area contributed by atoms with Crippen molar-refractivity contribution in [3.8, 4) is 0 Å². The summed E-state index contributed by atoms with van der Waals surface area (Å²) in [6.07, 6.45) is 4.86. The zero-order chi connectivity index (χ0) is 18.4. The topological polar surface area (TPSA) is 54.9 Å². The van der Waals surface area contributed by atoms with Gasteiger partial charge in [-0.3, -0.25) is 9.78 Å². The van der Waals surface area contributed by atoms with E-state index < -0.39 is 0 Å². The zero-order valence-electron chi connectivity index (χ0n) is 14.5. The molecule has 6 heteroatoms. The van der Waals surface area contributed by atoms with Crippen molar-refractivity contribution < 1.29 is 4.79 Å². The second kappa shape index (κ2) is 8.92. The fourth-order valence-corrected chi connectivity index (χ4v) is 3.54. The number of aromatic nitrogens is 2. The number of rotatable bonds is 7. The predicted molar refractivity (Wildman–Crippen MR) is 106 cm³/mol. The predicted octanol–water partition coefficient (Wildman–Crippen LogP) is 4.19. The third-order valence-electron chi connectivity index (χ3n) is 4.10. The highest BCUT2D eigenvalue weighted by molar-refractivity contribution is 7.09. The second-order valence-electron chi connectivity index (χ2n) is 6.07. The Labute approximate surface area is 162 Å². The minimum absolute atomic E-state index is 0.00290. The van der Waals surface area contributed by atoms with Crippen molar-refractivity contribution in [3.63, 3.8) is 0 Å². The van der Waals surface area contributed by atoms with Crippen LogP contribution in [-0.4, -0.2) is 22.4 Å². The molecule has 1 aromatic carbocycles. The van der Waals surface area contributed by atoms with Crippen LogP contribution in [0.15, 0.2) is 54.2 Å². The lowest BCUT2D eigenvalue weighted by atomic mass is 9.91. The fraction of sp³-hybridized carbons (Fsp3) is 0.250. The lowest BCUT2D eigenvalue weighted by molar-refractivity contribution is -0.122. The van der Waals surface area contributed by atoms with Gasteiger partial charge in [-0.1, -0.05) is 29.8 Å². The molecule has 0 bridgehead atoms. The van der Waals surface area contributed by atoms with Crippen molar-refractivity contribution in [2.45, 2.75) is 25.7 Å². The van der Waals surface area contributed by atoms with Gasteiger partial charge in [-0.2, -0.15) is 0 Å². The number of benzene rings is 1. The largest absolute Gasteiger partial charge is 0.355 e. The van der Waals surface area contributed by atoms with E-state index in [2.05, 4.69) is 15.3 Å². The Balaban J connectivity index is 1.69. The molecule has 2 heterocycles. The van der Waals surface area contributed by atoms with E-state index in [0.717, 1.165) is 28.2 Å². The second-order valence-corrected chi connectivity index (χ2v) is 7.57. The highest BCUT2D eigenvalue weighted by Crippen LogP contribution is 2.23. The molecule has 0 spiro atoms. The van der Waals surface area contributed by atoms with Gasteiger partial charge in [-0.05, 0) is 42.7 Å². The molecule has 134 valence electrons. The Hall–Kier alpha value is -2.24. The molecule has 4 nitrogen and oxygen atoms in total. The van der Waals surface area contributed by atoms with E-state index in [1.54, 1.807) is 23.7 Å². The number of nitrogens with one attached hydrogen (secondary N) is 1. The van der Waals surface area contributed by atoms with Gasteiger partial charge in [0.2, 0.25) is 5.91 Å². The summed E-state index contributed by atoms with van der Waals surface area (Å²) < 4.78 is 0. The summed E-state index contributed by atoms with van der Waals surface area (Å²) in [7, 11) is 0. The van der Waals surface area contributed by atoms with Crippen LogP contribution in [0.25, 0.3) is 0 Å². The average Bonchev–Trinajstić information content (AvgIpc) is 3.06. The molecule has 0 fully saturated rings. The van der Waals surface area contributed by atoms with Crippen molar-refractivity contribution in [1.82, 2.24) is 15.3 Å². The van der Waals surface area contributed by atoms with Crippen molar-refractivity contribution in [3.05, 3.63) is 81.0 Å². The SMILES string of the molecule is Cc1nc(CCNC(=O)C(Cc2cccnc2)c2ccc(Cl)cc2)cs1. The summed E-state index contributed by atoms with van der Waals surface area (Å²) in [6, 6.07) is 11.3. The monoisotopic (exact) mass is 385 g/mol. The minimum Gasteiger partial charge on any atom is -0.355 e. The minimum atomic E-state index is -0.284. The summed E-state index contributed by atoms with van der Waals surface area (Å²) in [5.41, 5.74) is 2.99. The molecular formula is C20H20ClN3OS. The number of carbonyl (C=O) groups excluding carboxylic acids is 1. The van der Waals surface area contributed by atoms with Gasteiger partial charge in [0.1, 0.15) is 0 Å². The van der Waals surface area contributed by atoms with E-state index in [1.807, 2.05) is 48.7 Å². The molecule has 1 amide bonds. The van der Waals surface area contributed by atoms with Crippen LogP contribution in [0.3, 0.4) is 0 Å². The molecule has 0 aliphatic rings. The van der Waals surface area contributed by atoms with Crippen molar-refractivity contribution in [1.29, 1.82) is 0 Å². The third-order valence-corrected chi connectivity index (χ3v) is 5.17. The highest BCUT2D eigenvalue weighted by Gasteiger charge is 2.21. The molecule has 3 rings (SSSR count). The standard InChI is InChI=1S/C20H20ClN3OS/c1-14-24-18(13-26-14)8-10-23-20(25)19(11-15-3-2-9-22-12-15)16-4-6-17(21)7-5-16/h2-7,9,12-13,19H,8,10-11H2,1H3,(H,23,25). The fourth-order valence-electron chi connectivity index (χ4n) is 2.77. The number of aryl methyl sites for hydroxylation is 1. The number of pyridine rings is 1. The van der Waals surface area contributed by atoms with E-state index >= 15 is 0 Å². The Morgan fingerprint density at radius 2 is 2.08 bits per heavy atom. The number of thiazole rings is 1. The first-order valence-electron chi connectivity index (χ1n) is 8.45. The van der Waals surface area contributed by atoms with Gasteiger partial charge in [0.15, 0.2) is 0 Å². The number of hydrogen-bond acceptors (Lipinski definition) is 4. The number of amides is 1. The molecule has 0 aliphatic carbocycles. The summed E-state index contributed by atoms with van der Waals surface area (Å²) in [6.45, 7) is 2.55. The first-order valence-corrected chi connectivity index (χ1v) is 9.70. The molecule has 3 aromatic rings. The van der Waals surface area contributed by atoms with Gasteiger partial charge >= 0.3 is 0 Å². The van der Waals surface area contributed by atoms with Crippen LogP contribution in [0.5, 0.6) is 0 Å². The number of hydrogen-bond donors (Lipinski definition) is 1. The van der Waals surface area contributed by atoms with Gasteiger partial charge in [-0.25, -0.2) is 4.98 Å². The summed E-state index contributed by atoms with van der Waals surface area (Å²) >= 11 is 7.62. The van der Waals surface area contributed by atoms with Gasteiger partial charge in [-0.15, -0.1) is 11.3 Å². The van der Waals surface area contributed by atoms with Crippen LogP contribution in [0.2, 0.25) is 5.02 Å². The van der Waals surface area contributed by atoms with Crippen molar-refractivity contribution in [2.75, 3.05) is 6.54 Å². The molecule has 1 atom stereocenters. The molecule has 0 aliphatic heterocycles. The molecular weight excluding hydrogens is 366 g/mol. The maximum atomic E-state index is 12.8. The quantitative estimate of drug-likeness (QED) is 0.663. The molecule has 0 saturated heterocycles. The number of nitrogens with zero attached hydrogens (tertiary/aromatic N) is 2. The molecule has 0 saturated carbocycles. The van der Waals surface area contributed by atoms with Gasteiger partial charge in [0, 0.05) is 35.8 Å². The summed E-state index contributed by atoms with van der Waals surface area (Å²) in [4.78, 5) is 21.4. The molecule has 1 N–H and O–H groups in total. The lowest BCUT2D eigenvalue weighted by Gasteiger charge is -2.17. The highest BCUT2D eigenvalue weighted by atomic mass is 35.5. The van der Waals surface area contributed by atoms with E-state index in [9.17, 15) is 4.79 Å². The average molecular weight is 386 g/mol. The molecule has 2 aromatic heterocycles. The van der Waals surface area contributed by atoms with E-state index in [1.165, 1.54) is 0 Å². The number of carbonyl (C=O) groups is 1. The van der Waals surface area contributed by atoms with E-state index in [-0.39, 0.29) is 11.8 Å². The van der Waals surface area contributed by atoms with Crippen LogP contribution in [-0.2, 0) is 17.6 Å². The van der Waals surface area contributed by atoms with Crippen LogP contribution < -0.4 is 5.32 Å². The Bertz CT molecular complexity index is 849. The van der Waals surface area contributed by atoms with E-state index in [0.29, 0.717) is 18.0 Å². The zero-order valence-corrected chi connectivity index (χ0v) is 16.1. The summed E-state index contributed by atoms with van der Waals surface area (Å²) in [5, 5.41) is 6.79. The number of halogens is 1. The van der Waals surface area contributed by atoms with Gasteiger partial charge in [0.05, 0.1) is 16.6 Å². The summed E-state index contributed by atoms with van der Waals surface area (Å²) in [5.74, 6) is -0.281. The first-order chi connectivity index (χ1) is 12.6. The van der Waals surface area contributed by atoms with Crippen molar-refractivity contribution >= 4 is 28.8 Å². The molecule has 0 radical (unpaired) electrons. The van der Waals surface area contributed by atoms with Crippen LogP contribution in [0.1, 0.15) is 27.7 Å². The normalized spacial score (nSPS) is 11.9. The Kier molecular flexibility index (Phi) is 6.36.